The Hall–Kier alpha value is -3.21. The molecular formula is C28H32ClN3O6S. The summed E-state index contributed by atoms with van der Waals surface area (Å²) in [5, 5.41) is 6.75. The van der Waals surface area contributed by atoms with Gasteiger partial charge in [-0.3, -0.25) is 14.4 Å². The lowest BCUT2D eigenvalue weighted by Gasteiger charge is -2.23. The van der Waals surface area contributed by atoms with Crippen molar-refractivity contribution < 1.29 is 27.2 Å². The van der Waals surface area contributed by atoms with Crippen LogP contribution >= 0.6 is 11.6 Å². The lowest BCUT2D eigenvalue weighted by molar-refractivity contribution is -0.129. The van der Waals surface area contributed by atoms with Crippen LogP contribution in [0.25, 0.3) is 11.0 Å². The van der Waals surface area contributed by atoms with Crippen molar-refractivity contribution in [2.75, 3.05) is 13.1 Å². The standard InChI is InChI=1S/C28H32ClN3O6S/c1-17(2)15-23(31-28(35)26-18(3)21-7-4-5-9-25(21)38-26)27(34)30-22-8-6-14-32(16-24(22)33)39(36,37)20-12-10-19(29)11-13-20/h4-5,7,9-13,17,22-23H,6,8,14-16H2,1-3H3,(H,30,34)(H,31,35)/t22-,23?/m0/s1. The minimum absolute atomic E-state index is 0.0442. The molecule has 4 rings (SSSR count). The fourth-order valence-electron chi connectivity index (χ4n) is 4.70. The van der Waals surface area contributed by atoms with Crippen LogP contribution in [0.2, 0.25) is 5.02 Å². The number of sulfonamides is 1. The topological polar surface area (TPSA) is 126 Å². The Balaban J connectivity index is 1.46. The summed E-state index contributed by atoms with van der Waals surface area (Å²) in [6, 6.07) is 11.3. The van der Waals surface area contributed by atoms with E-state index >= 15 is 0 Å². The summed E-state index contributed by atoms with van der Waals surface area (Å²) in [5.41, 5.74) is 1.25. The minimum atomic E-state index is -3.91. The number of ketones is 1. The Morgan fingerprint density at radius 2 is 1.82 bits per heavy atom. The van der Waals surface area contributed by atoms with Gasteiger partial charge in [-0.1, -0.05) is 43.6 Å². The van der Waals surface area contributed by atoms with E-state index in [0.717, 1.165) is 9.69 Å². The van der Waals surface area contributed by atoms with E-state index < -0.39 is 39.7 Å². The number of para-hydroxylation sites is 1. The predicted octanol–water partition coefficient (Wildman–Crippen LogP) is 4.08. The highest BCUT2D eigenvalue weighted by Gasteiger charge is 2.34. The van der Waals surface area contributed by atoms with Crippen molar-refractivity contribution in [2.45, 2.75) is 57.0 Å². The molecule has 39 heavy (non-hydrogen) atoms. The first-order valence-electron chi connectivity index (χ1n) is 12.8. The molecule has 2 atom stereocenters. The first kappa shape index (κ1) is 28.8. The number of halogens is 1. The first-order chi connectivity index (χ1) is 18.5. The highest BCUT2D eigenvalue weighted by Crippen LogP contribution is 2.25. The molecule has 2 aromatic carbocycles. The molecule has 2 N–H and O–H groups in total. The molecule has 208 valence electrons. The van der Waals surface area contributed by atoms with Gasteiger partial charge in [-0.25, -0.2) is 8.42 Å². The zero-order chi connectivity index (χ0) is 28.3. The van der Waals surface area contributed by atoms with Crippen LogP contribution in [0.4, 0.5) is 0 Å². The van der Waals surface area contributed by atoms with Crippen LogP contribution in [0.15, 0.2) is 57.8 Å². The summed E-state index contributed by atoms with van der Waals surface area (Å²) in [6.07, 6.45) is 1.000. The Morgan fingerprint density at radius 3 is 2.49 bits per heavy atom. The predicted molar refractivity (Wildman–Crippen MR) is 148 cm³/mol. The van der Waals surface area contributed by atoms with Crippen molar-refractivity contribution in [1.29, 1.82) is 0 Å². The monoisotopic (exact) mass is 573 g/mol. The Bertz CT molecular complexity index is 1480. The van der Waals surface area contributed by atoms with Gasteiger partial charge in [0, 0.05) is 22.5 Å². The van der Waals surface area contributed by atoms with Gasteiger partial charge < -0.3 is 15.1 Å². The molecule has 1 unspecified atom stereocenters. The SMILES string of the molecule is Cc1c(C(=O)NC(CC(C)C)C(=O)N[C@H]2CCCN(S(=O)(=O)c3ccc(Cl)cc3)CC2=O)oc2ccccc12. The first-order valence-corrected chi connectivity index (χ1v) is 14.7. The Labute approximate surface area is 232 Å². The second-order valence-electron chi connectivity index (χ2n) is 10.2. The van der Waals surface area contributed by atoms with Crippen LogP contribution in [0.1, 0.15) is 49.2 Å². The molecule has 0 radical (unpaired) electrons. The number of carbonyl (C=O) groups excluding carboxylic acids is 3. The van der Waals surface area contributed by atoms with Gasteiger partial charge in [-0.05, 0) is 62.4 Å². The van der Waals surface area contributed by atoms with Gasteiger partial charge in [-0.15, -0.1) is 0 Å². The normalized spacial score (nSPS) is 17.7. The van der Waals surface area contributed by atoms with Gasteiger partial charge in [0.25, 0.3) is 5.91 Å². The van der Waals surface area contributed by atoms with Gasteiger partial charge in [0.1, 0.15) is 11.6 Å². The molecule has 3 aromatic rings. The van der Waals surface area contributed by atoms with E-state index in [0.29, 0.717) is 29.0 Å². The van der Waals surface area contributed by atoms with E-state index in [1.54, 1.807) is 13.0 Å². The second kappa shape index (κ2) is 11.9. The third-order valence-electron chi connectivity index (χ3n) is 6.77. The zero-order valence-corrected chi connectivity index (χ0v) is 23.6. The second-order valence-corrected chi connectivity index (χ2v) is 12.5. The van der Waals surface area contributed by atoms with Crippen LogP contribution in [-0.4, -0.2) is 55.5 Å². The average Bonchev–Trinajstić information content (AvgIpc) is 3.11. The minimum Gasteiger partial charge on any atom is -0.451 e. The summed E-state index contributed by atoms with van der Waals surface area (Å²) in [6.45, 7) is 5.41. The van der Waals surface area contributed by atoms with Gasteiger partial charge in [0.15, 0.2) is 11.5 Å². The van der Waals surface area contributed by atoms with Crippen LogP contribution in [0, 0.1) is 12.8 Å². The number of fused-ring (bicyclic) bond motifs is 1. The van der Waals surface area contributed by atoms with Crippen LogP contribution in [-0.2, 0) is 19.6 Å². The number of Topliss-reactive ketones (excluding diaryl/α,β-unsaturated/α-hetero) is 1. The van der Waals surface area contributed by atoms with Crippen molar-refractivity contribution in [3.05, 3.63) is 64.9 Å². The highest BCUT2D eigenvalue weighted by atomic mass is 35.5. The van der Waals surface area contributed by atoms with Crippen LogP contribution < -0.4 is 10.6 Å². The van der Waals surface area contributed by atoms with Gasteiger partial charge in [-0.2, -0.15) is 4.31 Å². The highest BCUT2D eigenvalue weighted by molar-refractivity contribution is 7.89. The number of hydrogen-bond acceptors (Lipinski definition) is 6. The summed E-state index contributed by atoms with van der Waals surface area (Å²) < 4.78 is 33.1. The third kappa shape index (κ3) is 6.51. The molecule has 2 heterocycles. The van der Waals surface area contributed by atoms with E-state index in [4.69, 9.17) is 16.0 Å². The van der Waals surface area contributed by atoms with E-state index in [1.165, 1.54) is 24.3 Å². The van der Waals surface area contributed by atoms with Crippen molar-refractivity contribution in [3.63, 3.8) is 0 Å². The number of rotatable bonds is 8. The summed E-state index contributed by atoms with van der Waals surface area (Å²) in [7, 11) is -3.91. The molecule has 1 aromatic heterocycles. The van der Waals surface area contributed by atoms with E-state index in [9.17, 15) is 22.8 Å². The number of furan rings is 1. The zero-order valence-electron chi connectivity index (χ0n) is 22.1. The van der Waals surface area contributed by atoms with Crippen molar-refractivity contribution in [1.82, 2.24) is 14.9 Å². The summed E-state index contributed by atoms with van der Waals surface area (Å²) >= 11 is 5.88. The van der Waals surface area contributed by atoms with Crippen molar-refractivity contribution in [2.24, 2.45) is 5.92 Å². The number of nitrogens with zero attached hydrogens (tertiary/aromatic N) is 1. The number of benzene rings is 2. The molecule has 1 saturated heterocycles. The maximum absolute atomic E-state index is 13.3. The molecular weight excluding hydrogens is 542 g/mol. The van der Waals surface area contributed by atoms with Gasteiger partial charge in [0.2, 0.25) is 15.9 Å². The lowest BCUT2D eigenvalue weighted by atomic mass is 10.0. The van der Waals surface area contributed by atoms with E-state index in [2.05, 4.69) is 10.6 Å². The number of carbonyl (C=O) groups is 3. The number of nitrogens with one attached hydrogen (secondary N) is 2. The molecule has 1 aliphatic rings. The molecule has 9 nitrogen and oxygen atoms in total. The molecule has 0 bridgehead atoms. The molecule has 1 fully saturated rings. The number of hydrogen-bond donors (Lipinski definition) is 2. The van der Waals surface area contributed by atoms with Gasteiger partial charge in [0.05, 0.1) is 17.5 Å². The van der Waals surface area contributed by atoms with Crippen molar-refractivity contribution in [3.8, 4) is 0 Å². The van der Waals surface area contributed by atoms with Crippen LogP contribution in [0.5, 0.6) is 0 Å². The molecule has 11 heteroatoms. The molecule has 0 aliphatic carbocycles. The Kier molecular flexibility index (Phi) is 8.78. The third-order valence-corrected chi connectivity index (χ3v) is 8.88. The number of aryl methyl sites for hydroxylation is 1. The van der Waals surface area contributed by atoms with Gasteiger partial charge >= 0.3 is 0 Å². The fourth-order valence-corrected chi connectivity index (χ4v) is 6.27. The maximum Gasteiger partial charge on any atom is 0.287 e. The van der Waals surface area contributed by atoms with Crippen molar-refractivity contribution >= 4 is 50.2 Å². The fraction of sp³-hybridized carbons (Fsp3) is 0.393. The molecule has 0 saturated carbocycles. The number of amides is 2. The summed E-state index contributed by atoms with van der Waals surface area (Å²) in [4.78, 5) is 39.6. The van der Waals surface area contributed by atoms with E-state index in [-0.39, 0.29) is 36.1 Å². The Morgan fingerprint density at radius 1 is 1.13 bits per heavy atom. The largest absolute Gasteiger partial charge is 0.451 e. The molecule has 2 amide bonds. The molecule has 1 aliphatic heterocycles. The quantitative estimate of drug-likeness (QED) is 0.418. The average molecular weight is 574 g/mol. The smallest absolute Gasteiger partial charge is 0.287 e. The lowest BCUT2D eigenvalue weighted by Crippen LogP contribution is -2.52. The molecule has 0 spiro atoms. The maximum atomic E-state index is 13.3. The van der Waals surface area contributed by atoms with Crippen LogP contribution in [0.3, 0.4) is 0 Å². The van der Waals surface area contributed by atoms with E-state index in [1.807, 2.05) is 32.0 Å². The summed E-state index contributed by atoms with van der Waals surface area (Å²) in [5.74, 6) is -1.23.